The van der Waals surface area contributed by atoms with Crippen molar-refractivity contribution in [1.82, 2.24) is 9.62 Å². The van der Waals surface area contributed by atoms with Gasteiger partial charge in [0.2, 0.25) is 15.9 Å². The van der Waals surface area contributed by atoms with Crippen LogP contribution in [0.2, 0.25) is 0 Å². The zero-order valence-corrected chi connectivity index (χ0v) is 13.3. The van der Waals surface area contributed by atoms with Crippen LogP contribution < -0.4 is 5.32 Å². The van der Waals surface area contributed by atoms with E-state index in [2.05, 4.69) is 17.4 Å². The number of sulfonamides is 1. The molecular weight excluding hydrogens is 288 g/mol. The summed E-state index contributed by atoms with van der Waals surface area (Å²) in [7, 11) is -3.50. The standard InChI is InChI=1S/C15H22N2O3S/c1-3-17(4-2)21(19,20)11-15(18)16-10-13-9-12-7-5-6-8-14(12)13/h5-8,13H,3-4,9-11H2,1-2H3,(H,16,18)/t13-/m1/s1. The molecule has 1 aromatic carbocycles. The van der Waals surface area contributed by atoms with Gasteiger partial charge in [-0.05, 0) is 17.5 Å². The summed E-state index contributed by atoms with van der Waals surface area (Å²) in [4.78, 5) is 11.8. The molecule has 0 saturated carbocycles. The van der Waals surface area contributed by atoms with Gasteiger partial charge in [0, 0.05) is 25.6 Å². The number of fused-ring (bicyclic) bond motifs is 1. The predicted molar refractivity (Wildman–Crippen MR) is 82.6 cm³/mol. The van der Waals surface area contributed by atoms with Crippen LogP contribution in [0.5, 0.6) is 0 Å². The maximum atomic E-state index is 12.0. The summed E-state index contributed by atoms with van der Waals surface area (Å²) in [6.07, 6.45) is 0.944. The normalized spacial score (nSPS) is 17.2. The highest BCUT2D eigenvalue weighted by atomic mass is 32.2. The van der Waals surface area contributed by atoms with Crippen molar-refractivity contribution in [3.8, 4) is 0 Å². The van der Waals surface area contributed by atoms with Gasteiger partial charge < -0.3 is 5.32 Å². The molecule has 1 atom stereocenters. The molecule has 5 nitrogen and oxygen atoms in total. The fraction of sp³-hybridized carbons (Fsp3) is 0.533. The third-order valence-corrected chi connectivity index (χ3v) is 5.85. The Bertz CT molecular complexity index is 609. The van der Waals surface area contributed by atoms with E-state index in [1.54, 1.807) is 13.8 Å². The Labute approximate surface area is 126 Å². The fourth-order valence-corrected chi connectivity index (χ4v) is 4.11. The van der Waals surface area contributed by atoms with Crippen LogP contribution in [0.3, 0.4) is 0 Å². The van der Waals surface area contributed by atoms with E-state index in [0.717, 1.165) is 6.42 Å². The highest BCUT2D eigenvalue weighted by Crippen LogP contribution is 2.33. The van der Waals surface area contributed by atoms with Crippen LogP contribution in [0.15, 0.2) is 24.3 Å². The van der Waals surface area contributed by atoms with E-state index < -0.39 is 21.7 Å². The van der Waals surface area contributed by atoms with Crippen molar-refractivity contribution in [2.24, 2.45) is 0 Å². The van der Waals surface area contributed by atoms with Gasteiger partial charge in [0.1, 0.15) is 5.75 Å². The van der Waals surface area contributed by atoms with E-state index >= 15 is 0 Å². The molecule has 21 heavy (non-hydrogen) atoms. The minimum Gasteiger partial charge on any atom is -0.355 e. The summed E-state index contributed by atoms with van der Waals surface area (Å²) < 4.78 is 25.3. The maximum Gasteiger partial charge on any atom is 0.236 e. The minimum atomic E-state index is -3.50. The van der Waals surface area contributed by atoms with Crippen molar-refractivity contribution in [1.29, 1.82) is 0 Å². The van der Waals surface area contributed by atoms with Crippen molar-refractivity contribution in [2.75, 3.05) is 25.4 Å². The molecule has 0 saturated heterocycles. The molecular formula is C15H22N2O3S. The summed E-state index contributed by atoms with van der Waals surface area (Å²) in [5.41, 5.74) is 2.57. The molecule has 0 aliphatic heterocycles. The molecule has 6 heteroatoms. The van der Waals surface area contributed by atoms with Gasteiger partial charge in [-0.15, -0.1) is 0 Å². The van der Waals surface area contributed by atoms with Gasteiger partial charge in [-0.2, -0.15) is 0 Å². The van der Waals surface area contributed by atoms with Crippen LogP contribution >= 0.6 is 0 Å². The van der Waals surface area contributed by atoms with Crippen LogP contribution in [-0.2, 0) is 21.2 Å². The average molecular weight is 310 g/mol. The fourth-order valence-electron chi connectivity index (χ4n) is 2.71. The third kappa shape index (κ3) is 3.63. The second kappa shape index (κ2) is 6.58. The van der Waals surface area contributed by atoms with E-state index in [4.69, 9.17) is 0 Å². The summed E-state index contributed by atoms with van der Waals surface area (Å²) in [5.74, 6) is -0.587. The van der Waals surface area contributed by atoms with Gasteiger partial charge in [-0.3, -0.25) is 4.79 Å². The van der Waals surface area contributed by atoms with Gasteiger partial charge >= 0.3 is 0 Å². The number of amides is 1. The largest absolute Gasteiger partial charge is 0.355 e. The zero-order valence-electron chi connectivity index (χ0n) is 12.5. The number of nitrogens with zero attached hydrogens (tertiary/aromatic N) is 1. The van der Waals surface area contributed by atoms with E-state index in [0.29, 0.717) is 25.6 Å². The second-order valence-corrected chi connectivity index (χ2v) is 7.21. The number of hydrogen-bond donors (Lipinski definition) is 1. The lowest BCUT2D eigenvalue weighted by Crippen LogP contribution is -2.41. The molecule has 1 N–H and O–H groups in total. The monoisotopic (exact) mass is 310 g/mol. The third-order valence-electron chi connectivity index (χ3n) is 3.92. The molecule has 116 valence electrons. The first kappa shape index (κ1) is 16.0. The highest BCUT2D eigenvalue weighted by Gasteiger charge is 2.27. The summed E-state index contributed by atoms with van der Waals surface area (Å²) in [5, 5.41) is 2.74. The quantitative estimate of drug-likeness (QED) is 0.820. The molecule has 0 bridgehead atoms. The number of rotatable bonds is 7. The molecule has 0 fully saturated rings. The molecule has 0 heterocycles. The molecule has 1 aliphatic rings. The first-order valence-electron chi connectivity index (χ1n) is 7.30. The highest BCUT2D eigenvalue weighted by molar-refractivity contribution is 7.89. The molecule has 1 amide bonds. The lowest BCUT2D eigenvalue weighted by molar-refractivity contribution is -0.118. The molecule has 0 radical (unpaired) electrons. The number of carbonyl (C=O) groups excluding carboxylic acids is 1. The van der Waals surface area contributed by atoms with E-state index in [1.807, 2.05) is 12.1 Å². The Morgan fingerprint density at radius 3 is 2.57 bits per heavy atom. The van der Waals surface area contributed by atoms with Gasteiger partial charge in [0.25, 0.3) is 0 Å². The Balaban J connectivity index is 1.84. The predicted octanol–water partition coefficient (Wildman–Crippen LogP) is 1.11. The topological polar surface area (TPSA) is 66.5 Å². The average Bonchev–Trinajstić information content (AvgIpc) is 2.40. The maximum absolute atomic E-state index is 12.0. The van der Waals surface area contributed by atoms with Crippen molar-refractivity contribution in [3.05, 3.63) is 35.4 Å². The van der Waals surface area contributed by atoms with Gasteiger partial charge in [-0.25, -0.2) is 12.7 Å². The van der Waals surface area contributed by atoms with Crippen molar-refractivity contribution in [2.45, 2.75) is 26.2 Å². The second-order valence-electron chi connectivity index (χ2n) is 5.24. The Morgan fingerprint density at radius 1 is 1.29 bits per heavy atom. The summed E-state index contributed by atoms with van der Waals surface area (Å²) in [6, 6.07) is 8.13. The van der Waals surface area contributed by atoms with Gasteiger partial charge in [0.05, 0.1) is 0 Å². The SMILES string of the molecule is CCN(CC)S(=O)(=O)CC(=O)NC[C@H]1Cc2ccccc21. The summed E-state index contributed by atoms with van der Waals surface area (Å²) >= 11 is 0. The number of carbonyl (C=O) groups is 1. The first-order chi connectivity index (χ1) is 9.97. The Kier molecular flexibility index (Phi) is 5.00. The Hall–Kier alpha value is -1.40. The first-order valence-corrected chi connectivity index (χ1v) is 8.91. The van der Waals surface area contributed by atoms with E-state index in [-0.39, 0.29) is 0 Å². The molecule has 1 aliphatic carbocycles. The molecule has 2 rings (SSSR count). The van der Waals surface area contributed by atoms with Crippen LogP contribution in [0, 0.1) is 0 Å². The van der Waals surface area contributed by atoms with Crippen LogP contribution in [0.25, 0.3) is 0 Å². The molecule has 0 aromatic heterocycles. The van der Waals surface area contributed by atoms with Crippen molar-refractivity contribution in [3.63, 3.8) is 0 Å². The van der Waals surface area contributed by atoms with Crippen LogP contribution in [0.4, 0.5) is 0 Å². The van der Waals surface area contributed by atoms with Gasteiger partial charge in [-0.1, -0.05) is 38.1 Å². The van der Waals surface area contributed by atoms with E-state index in [1.165, 1.54) is 15.4 Å². The summed E-state index contributed by atoms with van der Waals surface area (Å²) in [6.45, 7) is 4.82. The van der Waals surface area contributed by atoms with Gasteiger partial charge in [0.15, 0.2) is 0 Å². The smallest absolute Gasteiger partial charge is 0.236 e. The zero-order chi connectivity index (χ0) is 15.5. The molecule has 0 unspecified atom stereocenters. The molecule has 0 spiro atoms. The van der Waals surface area contributed by atoms with Crippen molar-refractivity contribution < 1.29 is 13.2 Å². The van der Waals surface area contributed by atoms with E-state index in [9.17, 15) is 13.2 Å². The lowest BCUT2D eigenvalue weighted by Gasteiger charge is -2.30. The Morgan fingerprint density at radius 2 is 1.95 bits per heavy atom. The number of benzene rings is 1. The minimum absolute atomic E-state index is 0.307. The van der Waals surface area contributed by atoms with Crippen LogP contribution in [0.1, 0.15) is 30.9 Å². The number of hydrogen-bond acceptors (Lipinski definition) is 3. The lowest BCUT2D eigenvalue weighted by atomic mass is 9.77. The molecule has 1 aromatic rings. The number of nitrogens with one attached hydrogen (secondary N) is 1. The van der Waals surface area contributed by atoms with Crippen molar-refractivity contribution >= 4 is 15.9 Å². The van der Waals surface area contributed by atoms with Crippen LogP contribution in [-0.4, -0.2) is 44.0 Å².